The molecule has 0 saturated carbocycles. The van der Waals surface area contributed by atoms with Crippen molar-refractivity contribution >= 4 is 17.5 Å². The molecule has 0 aliphatic rings. The summed E-state index contributed by atoms with van der Waals surface area (Å²) in [6.07, 6.45) is 0. The van der Waals surface area contributed by atoms with Gasteiger partial charge < -0.3 is 10.5 Å². The van der Waals surface area contributed by atoms with Crippen molar-refractivity contribution in [2.75, 3.05) is 12.3 Å². The molecule has 8 nitrogen and oxygen atoms in total. The van der Waals surface area contributed by atoms with Gasteiger partial charge in [-0.25, -0.2) is 9.48 Å². The van der Waals surface area contributed by atoms with Gasteiger partial charge in [0, 0.05) is 17.2 Å². The van der Waals surface area contributed by atoms with Gasteiger partial charge in [0.05, 0.1) is 17.2 Å². The van der Waals surface area contributed by atoms with E-state index in [4.69, 9.17) is 10.5 Å². The van der Waals surface area contributed by atoms with E-state index < -0.39 is 10.9 Å². The van der Waals surface area contributed by atoms with E-state index in [-0.39, 0.29) is 23.8 Å². The minimum atomic E-state index is -0.577. The Balaban J connectivity index is 2.54. The summed E-state index contributed by atoms with van der Waals surface area (Å²) in [5.41, 5.74) is 7.43. The second-order valence-electron chi connectivity index (χ2n) is 4.72. The molecule has 0 radical (unpaired) electrons. The lowest BCUT2D eigenvalue weighted by atomic mass is 10.2. The SMILES string of the molecule is CCOC(=O)c1nn(-c2ccc(C)c([N+](=O)[O-])c2)c(N)c1C. The quantitative estimate of drug-likeness (QED) is 0.526. The van der Waals surface area contributed by atoms with Crippen molar-refractivity contribution in [2.24, 2.45) is 0 Å². The molecule has 22 heavy (non-hydrogen) atoms. The van der Waals surface area contributed by atoms with Crippen LogP contribution in [0.3, 0.4) is 0 Å². The molecule has 0 aliphatic heterocycles. The summed E-state index contributed by atoms with van der Waals surface area (Å²) in [5.74, 6) is -0.340. The lowest BCUT2D eigenvalue weighted by Crippen LogP contribution is -2.08. The molecule has 1 aromatic carbocycles. The Morgan fingerprint density at radius 2 is 2.14 bits per heavy atom. The fourth-order valence-electron chi connectivity index (χ4n) is 2.03. The fourth-order valence-corrected chi connectivity index (χ4v) is 2.03. The van der Waals surface area contributed by atoms with Crippen molar-refractivity contribution in [3.8, 4) is 5.69 Å². The van der Waals surface area contributed by atoms with E-state index in [0.717, 1.165) is 0 Å². The monoisotopic (exact) mass is 304 g/mol. The normalized spacial score (nSPS) is 10.5. The summed E-state index contributed by atoms with van der Waals surface area (Å²) in [5, 5.41) is 15.1. The Labute approximate surface area is 126 Å². The molecule has 0 bridgehead atoms. The third-order valence-electron chi connectivity index (χ3n) is 3.27. The summed E-state index contributed by atoms with van der Waals surface area (Å²) in [6, 6.07) is 4.63. The first-order valence-electron chi connectivity index (χ1n) is 6.64. The number of benzene rings is 1. The predicted molar refractivity (Wildman–Crippen MR) is 80.1 cm³/mol. The topological polar surface area (TPSA) is 113 Å². The number of nitro groups is 1. The first-order valence-corrected chi connectivity index (χ1v) is 6.64. The molecular formula is C14H16N4O4. The van der Waals surface area contributed by atoms with Crippen molar-refractivity contribution < 1.29 is 14.5 Å². The maximum Gasteiger partial charge on any atom is 0.359 e. The summed E-state index contributed by atoms with van der Waals surface area (Å²) >= 11 is 0. The number of nitrogens with zero attached hydrogens (tertiary/aromatic N) is 3. The lowest BCUT2D eigenvalue weighted by Gasteiger charge is -2.05. The zero-order chi connectivity index (χ0) is 16.4. The second-order valence-corrected chi connectivity index (χ2v) is 4.72. The van der Waals surface area contributed by atoms with Gasteiger partial charge in [-0.15, -0.1) is 0 Å². The number of hydrogen-bond acceptors (Lipinski definition) is 6. The maximum absolute atomic E-state index is 11.8. The van der Waals surface area contributed by atoms with Gasteiger partial charge in [-0.05, 0) is 26.8 Å². The highest BCUT2D eigenvalue weighted by Crippen LogP contribution is 2.25. The zero-order valence-corrected chi connectivity index (χ0v) is 12.5. The molecule has 2 N–H and O–H groups in total. The van der Waals surface area contributed by atoms with E-state index in [2.05, 4.69) is 5.10 Å². The van der Waals surface area contributed by atoms with Crippen LogP contribution in [0.15, 0.2) is 18.2 Å². The van der Waals surface area contributed by atoms with Gasteiger partial charge in [-0.3, -0.25) is 10.1 Å². The predicted octanol–water partition coefficient (Wildman–Crippen LogP) is 2.16. The Kier molecular flexibility index (Phi) is 4.11. The number of aromatic nitrogens is 2. The molecule has 0 saturated heterocycles. The summed E-state index contributed by atoms with van der Waals surface area (Å²) in [4.78, 5) is 22.4. The molecular weight excluding hydrogens is 288 g/mol. The third-order valence-corrected chi connectivity index (χ3v) is 3.27. The Morgan fingerprint density at radius 1 is 1.45 bits per heavy atom. The largest absolute Gasteiger partial charge is 0.461 e. The molecule has 0 aliphatic carbocycles. The van der Waals surface area contributed by atoms with E-state index in [1.165, 1.54) is 10.7 Å². The van der Waals surface area contributed by atoms with Crippen LogP contribution >= 0.6 is 0 Å². The molecule has 116 valence electrons. The van der Waals surface area contributed by atoms with Gasteiger partial charge in [0.2, 0.25) is 0 Å². The highest BCUT2D eigenvalue weighted by atomic mass is 16.6. The number of aryl methyl sites for hydroxylation is 1. The molecule has 0 fully saturated rings. The minimum absolute atomic E-state index is 0.0391. The number of esters is 1. The molecule has 2 aromatic rings. The molecule has 1 heterocycles. The third kappa shape index (κ3) is 2.62. The van der Waals surface area contributed by atoms with Crippen LogP contribution in [-0.4, -0.2) is 27.3 Å². The van der Waals surface area contributed by atoms with Gasteiger partial charge in [0.15, 0.2) is 5.69 Å². The average Bonchev–Trinajstić information content (AvgIpc) is 2.76. The molecule has 0 spiro atoms. The summed E-state index contributed by atoms with van der Waals surface area (Å²) in [6.45, 7) is 5.20. The number of nitro benzene ring substituents is 1. The first kappa shape index (κ1) is 15.5. The number of nitrogen functional groups attached to an aromatic ring is 1. The van der Waals surface area contributed by atoms with Crippen LogP contribution in [0.2, 0.25) is 0 Å². The van der Waals surface area contributed by atoms with Crippen molar-refractivity contribution in [1.29, 1.82) is 0 Å². The number of carbonyl (C=O) groups excluding carboxylic acids is 1. The highest BCUT2D eigenvalue weighted by Gasteiger charge is 2.21. The Hall–Kier alpha value is -2.90. The van der Waals surface area contributed by atoms with Crippen LogP contribution in [0.4, 0.5) is 11.5 Å². The molecule has 1 aromatic heterocycles. The van der Waals surface area contributed by atoms with Crippen LogP contribution in [0.25, 0.3) is 5.69 Å². The van der Waals surface area contributed by atoms with Crippen LogP contribution in [0.5, 0.6) is 0 Å². The standard InChI is InChI=1S/C14H16N4O4/c1-4-22-14(19)12-9(3)13(15)17(16-12)10-6-5-8(2)11(7-10)18(20)21/h5-7H,4,15H2,1-3H3. The molecule has 0 atom stereocenters. The van der Waals surface area contributed by atoms with E-state index >= 15 is 0 Å². The van der Waals surface area contributed by atoms with E-state index in [1.807, 2.05) is 0 Å². The average molecular weight is 304 g/mol. The zero-order valence-electron chi connectivity index (χ0n) is 12.5. The molecule has 0 unspecified atom stereocenters. The van der Waals surface area contributed by atoms with E-state index in [0.29, 0.717) is 16.8 Å². The van der Waals surface area contributed by atoms with E-state index in [9.17, 15) is 14.9 Å². The lowest BCUT2D eigenvalue weighted by molar-refractivity contribution is -0.385. The van der Waals surface area contributed by atoms with Crippen molar-refractivity contribution in [3.63, 3.8) is 0 Å². The van der Waals surface area contributed by atoms with Crippen molar-refractivity contribution in [1.82, 2.24) is 9.78 Å². The highest BCUT2D eigenvalue weighted by molar-refractivity contribution is 5.90. The molecule has 8 heteroatoms. The van der Waals surface area contributed by atoms with Gasteiger partial charge in [0.1, 0.15) is 5.82 Å². The van der Waals surface area contributed by atoms with Gasteiger partial charge in [-0.1, -0.05) is 6.07 Å². The van der Waals surface area contributed by atoms with Crippen molar-refractivity contribution in [2.45, 2.75) is 20.8 Å². The number of nitrogens with two attached hydrogens (primary N) is 1. The molecule has 2 rings (SSSR count). The number of carbonyl (C=O) groups is 1. The Morgan fingerprint density at radius 3 is 2.73 bits per heavy atom. The van der Waals surface area contributed by atoms with Gasteiger partial charge in [-0.2, -0.15) is 5.10 Å². The maximum atomic E-state index is 11.8. The number of rotatable bonds is 4. The van der Waals surface area contributed by atoms with Crippen LogP contribution < -0.4 is 5.73 Å². The van der Waals surface area contributed by atoms with Crippen molar-refractivity contribution in [3.05, 3.63) is 45.1 Å². The summed E-state index contributed by atoms with van der Waals surface area (Å²) < 4.78 is 6.22. The van der Waals surface area contributed by atoms with Gasteiger partial charge in [0.25, 0.3) is 5.69 Å². The van der Waals surface area contributed by atoms with Gasteiger partial charge >= 0.3 is 5.97 Å². The smallest absolute Gasteiger partial charge is 0.359 e. The minimum Gasteiger partial charge on any atom is -0.461 e. The second kappa shape index (κ2) is 5.84. The van der Waals surface area contributed by atoms with Crippen LogP contribution in [0.1, 0.15) is 28.5 Å². The number of anilines is 1. The van der Waals surface area contributed by atoms with Crippen LogP contribution in [0, 0.1) is 24.0 Å². The summed E-state index contributed by atoms with van der Waals surface area (Å²) in [7, 11) is 0. The molecule has 0 amide bonds. The Bertz CT molecular complexity index is 752. The van der Waals surface area contributed by atoms with E-state index in [1.54, 1.807) is 32.9 Å². The first-order chi connectivity index (χ1) is 10.4. The van der Waals surface area contributed by atoms with Crippen LogP contribution in [-0.2, 0) is 4.74 Å². The number of ether oxygens (including phenoxy) is 1. The fraction of sp³-hybridized carbons (Fsp3) is 0.286. The number of hydrogen-bond donors (Lipinski definition) is 1.